The van der Waals surface area contributed by atoms with Crippen LogP contribution in [0.15, 0.2) is 60.7 Å². The number of fused-ring (bicyclic) bond motifs is 1. The molecule has 4 rings (SSSR count). The van der Waals surface area contributed by atoms with Crippen LogP contribution in [0.4, 0.5) is 5.69 Å². The first kappa shape index (κ1) is 18.5. The van der Waals surface area contributed by atoms with Crippen molar-refractivity contribution in [3.05, 3.63) is 76.8 Å². The Hall–Kier alpha value is -2.89. The highest BCUT2D eigenvalue weighted by atomic mass is 35.5. The van der Waals surface area contributed by atoms with Gasteiger partial charge in [0.05, 0.1) is 23.9 Å². The number of ether oxygens (including phenoxy) is 1. The van der Waals surface area contributed by atoms with Crippen molar-refractivity contribution in [2.45, 2.75) is 0 Å². The first-order valence-corrected chi connectivity index (χ1v) is 9.47. The van der Waals surface area contributed by atoms with Crippen LogP contribution in [0, 0.1) is 0 Å². The molecule has 1 saturated heterocycles. The van der Waals surface area contributed by atoms with Gasteiger partial charge in [0.2, 0.25) is 0 Å². The standard InChI is InChI=1S/C22H19ClN2O3/c23-19-9-8-16(22(27)25-10-12-28-13-11-25)14-20(19)24-21(26)18-7-3-5-15-4-1-2-6-17(15)18/h1-9,14H,10-13H2,(H,24,26). The van der Waals surface area contributed by atoms with Crippen LogP contribution >= 0.6 is 11.6 Å². The van der Waals surface area contributed by atoms with Gasteiger partial charge in [-0.3, -0.25) is 9.59 Å². The van der Waals surface area contributed by atoms with E-state index in [1.54, 1.807) is 29.2 Å². The Morgan fingerprint density at radius 1 is 0.964 bits per heavy atom. The number of nitrogens with one attached hydrogen (secondary N) is 1. The van der Waals surface area contributed by atoms with Gasteiger partial charge in [-0.15, -0.1) is 0 Å². The molecule has 0 bridgehead atoms. The average Bonchev–Trinajstić information content (AvgIpc) is 2.75. The smallest absolute Gasteiger partial charge is 0.256 e. The highest BCUT2D eigenvalue weighted by Gasteiger charge is 2.20. The molecule has 1 heterocycles. The normalized spacial score (nSPS) is 14.1. The summed E-state index contributed by atoms with van der Waals surface area (Å²) in [5.41, 5.74) is 1.46. The lowest BCUT2D eigenvalue weighted by Crippen LogP contribution is -2.40. The van der Waals surface area contributed by atoms with E-state index < -0.39 is 0 Å². The molecule has 142 valence electrons. The monoisotopic (exact) mass is 394 g/mol. The summed E-state index contributed by atoms with van der Waals surface area (Å²) in [5, 5.41) is 5.08. The second-order valence-corrected chi connectivity index (χ2v) is 6.99. The van der Waals surface area contributed by atoms with Gasteiger partial charge >= 0.3 is 0 Å². The van der Waals surface area contributed by atoms with Crippen molar-refractivity contribution >= 4 is 39.9 Å². The molecule has 1 aliphatic heterocycles. The third-order valence-corrected chi connectivity index (χ3v) is 5.12. The number of hydrogen-bond acceptors (Lipinski definition) is 3. The summed E-state index contributed by atoms with van der Waals surface area (Å²) in [7, 11) is 0. The Morgan fingerprint density at radius 3 is 2.54 bits per heavy atom. The van der Waals surface area contributed by atoms with Crippen molar-refractivity contribution in [2.24, 2.45) is 0 Å². The topological polar surface area (TPSA) is 58.6 Å². The van der Waals surface area contributed by atoms with Gasteiger partial charge < -0.3 is 15.0 Å². The fourth-order valence-electron chi connectivity index (χ4n) is 3.32. The van der Waals surface area contributed by atoms with Crippen molar-refractivity contribution in [1.82, 2.24) is 4.90 Å². The van der Waals surface area contributed by atoms with Gasteiger partial charge in [0.25, 0.3) is 11.8 Å². The minimum atomic E-state index is -0.269. The molecule has 1 N–H and O–H groups in total. The van der Waals surface area contributed by atoms with Crippen LogP contribution in [0.2, 0.25) is 5.02 Å². The zero-order chi connectivity index (χ0) is 19.5. The van der Waals surface area contributed by atoms with Crippen LogP contribution in [0.1, 0.15) is 20.7 Å². The van der Waals surface area contributed by atoms with E-state index in [4.69, 9.17) is 16.3 Å². The van der Waals surface area contributed by atoms with Gasteiger partial charge in [-0.25, -0.2) is 0 Å². The number of rotatable bonds is 3. The second kappa shape index (κ2) is 8.00. The maximum atomic E-state index is 12.9. The first-order chi connectivity index (χ1) is 13.6. The van der Waals surface area contributed by atoms with Crippen LogP contribution in [0.25, 0.3) is 10.8 Å². The number of benzene rings is 3. The maximum absolute atomic E-state index is 12.9. The van der Waals surface area contributed by atoms with Crippen molar-refractivity contribution < 1.29 is 14.3 Å². The lowest BCUT2D eigenvalue weighted by atomic mass is 10.0. The molecule has 0 radical (unpaired) electrons. The molecular formula is C22H19ClN2O3. The molecule has 3 aromatic carbocycles. The van der Waals surface area contributed by atoms with Crippen LogP contribution in [0.5, 0.6) is 0 Å². The molecule has 0 atom stereocenters. The Labute approximate surface area is 167 Å². The molecule has 0 saturated carbocycles. The van der Waals surface area contributed by atoms with E-state index in [0.717, 1.165) is 10.8 Å². The number of nitrogens with zero attached hydrogens (tertiary/aromatic N) is 1. The molecule has 1 fully saturated rings. The third-order valence-electron chi connectivity index (χ3n) is 4.79. The van der Waals surface area contributed by atoms with Gasteiger partial charge in [-0.1, -0.05) is 48.0 Å². The van der Waals surface area contributed by atoms with Crippen molar-refractivity contribution in [3.63, 3.8) is 0 Å². The molecule has 0 unspecified atom stereocenters. The highest BCUT2D eigenvalue weighted by molar-refractivity contribution is 6.34. The van der Waals surface area contributed by atoms with Crippen molar-refractivity contribution in [2.75, 3.05) is 31.6 Å². The largest absolute Gasteiger partial charge is 0.378 e. The molecule has 3 aromatic rings. The summed E-state index contributed by atoms with van der Waals surface area (Å²) in [6.45, 7) is 2.17. The molecule has 5 nitrogen and oxygen atoms in total. The number of carbonyl (C=O) groups is 2. The summed E-state index contributed by atoms with van der Waals surface area (Å²) in [4.78, 5) is 27.3. The quantitative estimate of drug-likeness (QED) is 0.723. The number of carbonyl (C=O) groups excluding carboxylic acids is 2. The number of morpholine rings is 1. The van der Waals surface area contributed by atoms with E-state index in [0.29, 0.717) is 48.1 Å². The molecule has 1 aliphatic rings. The summed E-state index contributed by atoms with van der Waals surface area (Å²) in [6.07, 6.45) is 0. The Balaban J connectivity index is 1.60. The van der Waals surface area contributed by atoms with Gasteiger partial charge in [-0.2, -0.15) is 0 Å². The number of anilines is 1. The van der Waals surface area contributed by atoms with Gasteiger partial charge in [0.1, 0.15) is 0 Å². The maximum Gasteiger partial charge on any atom is 0.256 e. The fourth-order valence-corrected chi connectivity index (χ4v) is 3.48. The summed E-state index contributed by atoms with van der Waals surface area (Å²) in [6, 6.07) is 18.2. The average molecular weight is 395 g/mol. The van der Waals surface area contributed by atoms with Crippen molar-refractivity contribution in [1.29, 1.82) is 0 Å². The van der Waals surface area contributed by atoms with E-state index in [9.17, 15) is 9.59 Å². The number of amides is 2. The summed E-state index contributed by atoms with van der Waals surface area (Å²) < 4.78 is 5.29. The third kappa shape index (κ3) is 3.72. The lowest BCUT2D eigenvalue weighted by Gasteiger charge is -2.27. The molecule has 0 aliphatic carbocycles. The van der Waals surface area contributed by atoms with E-state index in [1.807, 2.05) is 36.4 Å². The van der Waals surface area contributed by atoms with Crippen molar-refractivity contribution in [3.8, 4) is 0 Å². The summed E-state index contributed by atoms with van der Waals surface area (Å²) in [5.74, 6) is -0.365. The van der Waals surface area contributed by atoms with E-state index >= 15 is 0 Å². The molecule has 6 heteroatoms. The minimum Gasteiger partial charge on any atom is -0.378 e. The van der Waals surface area contributed by atoms with E-state index in [1.165, 1.54) is 0 Å². The first-order valence-electron chi connectivity index (χ1n) is 9.09. The van der Waals surface area contributed by atoms with E-state index in [2.05, 4.69) is 5.32 Å². The lowest BCUT2D eigenvalue weighted by molar-refractivity contribution is 0.0303. The second-order valence-electron chi connectivity index (χ2n) is 6.58. The summed E-state index contributed by atoms with van der Waals surface area (Å²) >= 11 is 6.28. The van der Waals surface area contributed by atoms with E-state index in [-0.39, 0.29) is 11.8 Å². The fraction of sp³-hybridized carbons (Fsp3) is 0.182. The predicted molar refractivity (Wildman–Crippen MR) is 110 cm³/mol. The van der Waals surface area contributed by atoms with Crippen LogP contribution in [0.3, 0.4) is 0 Å². The SMILES string of the molecule is O=C(Nc1cc(C(=O)N2CCOCC2)ccc1Cl)c1cccc2ccccc12. The molecule has 2 amide bonds. The molecule has 0 spiro atoms. The van der Waals surface area contributed by atoms with Gasteiger partial charge in [0.15, 0.2) is 0 Å². The zero-order valence-corrected chi connectivity index (χ0v) is 15.9. The molecular weight excluding hydrogens is 376 g/mol. The van der Waals surface area contributed by atoms with Crippen LogP contribution in [-0.4, -0.2) is 43.0 Å². The Kier molecular flexibility index (Phi) is 5.28. The zero-order valence-electron chi connectivity index (χ0n) is 15.2. The van der Waals surface area contributed by atoms with Gasteiger partial charge in [-0.05, 0) is 35.0 Å². The highest BCUT2D eigenvalue weighted by Crippen LogP contribution is 2.26. The number of hydrogen-bond donors (Lipinski definition) is 1. The Morgan fingerprint density at radius 2 is 1.71 bits per heavy atom. The van der Waals surface area contributed by atoms with Crippen LogP contribution < -0.4 is 5.32 Å². The number of halogens is 1. The predicted octanol–water partition coefficient (Wildman–Crippen LogP) is 4.22. The molecule has 28 heavy (non-hydrogen) atoms. The van der Waals surface area contributed by atoms with Crippen LogP contribution in [-0.2, 0) is 4.74 Å². The Bertz CT molecular complexity index is 1040. The minimum absolute atomic E-state index is 0.0966. The molecule has 0 aromatic heterocycles. The van der Waals surface area contributed by atoms with Gasteiger partial charge in [0, 0.05) is 24.2 Å².